The summed E-state index contributed by atoms with van der Waals surface area (Å²) >= 11 is 0. The van der Waals surface area contributed by atoms with Gasteiger partial charge in [0.1, 0.15) is 29.9 Å². The Hall–Kier alpha value is -3.06. The van der Waals surface area contributed by atoms with E-state index < -0.39 is 23.2 Å². The molecular weight excluding hydrogens is 491 g/mol. The maximum Gasteiger partial charge on any atom is 0.421 e. The Balaban J connectivity index is 2.06. The molecule has 0 bridgehead atoms. The van der Waals surface area contributed by atoms with Crippen LogP contribution in [0.4, 0.5) is 24.9 Å². The van der Waals surface area contributed by atoms with Crippen molar-refractivity contribution >= 4 is 29.7 Å². The molecule has 1 aromatic heterocycles. The van der Waals surface area contributed by atoms with Crippen LogP contribution < -0.4 is 16.4 Å². The fourth-order valence-electron chi connectivity index (χ4n) is 3.80. The molecule has 0 atom stereocenters. The summed E-state index contributed by atoms with van der Waals surface area (Å²) in [5.74, 6) is -0.793. The van der Waals surface area contributed by atoms with Crippen molar-refractivity contribution in [3.63, 3.8) is 0 Å². The molecule has 206 valence electrons. The normalized spacial score (nSPS) is 14.5. The molecule has 0 saturated carbocycles. The SMILES string of the molecule is CC1=[N+](C(C)(C)C(N)=O)CCC=C1Nc1ncc(C(F)(F)F)c(NCCCN(C)CCOCCC=O)n1. The summed E-state index contributed by atoms with van der Waals surface area (Å²) in [6, 6.07) is 0. The average molecular weight is 529 g/mol. The number of aldehydes is 1. The van der Waals surface area contributed by atoms with Crippen LogP contribution in [0, 0.1) is 0 Å². The molecule has 0 aromatic carbocycles. The summed E-state index contributed by atoms with van der Waals surface area (Å²) in [5.41, 5.74) is 4.99. The van der Waals surface area contributed by atoms with E-state index in [9.17, 15) is 22.8 Å². The molecule has 4 N–H and O–H groups in total. The van der Waals surface area contributed by atoms with Gasteiger partial charge in [-0.2, -0.15) is 18.2 Å². The molecule has 0 aliphatic carbocycles. The van der Waals surface area contributed by atoms with Gasteiger partial charge in [-0.25, -0.2) is 9.56 Å². The van der Waals surface area contributed by atoms with E-state index in [4.69, 9.17) is 10.5 Å². The van der Waals surface area contributed by atoms with Gasteiger partial charge < -0.3 is 30.8 Å². The highest BCUT2D eigenvalue weighted by Crippen LogP contribution is 2.34. The monoisotopic (exact) mass is 528 g/mol. The Morgan fingerprint density at radius 3 is 2.68 bits per heavy atom. The van der Waals surface area contributed by atoms with E-state index in [0.717, 1.165) is 12.5 Å². The number of carbonyl (C=O) groups excluding carboxylic acids is 2. The van der Waals surface area contributed by atoms with Gasteiger partial charge in [-0.05, 0) is 26.1 Å². The van der Waals surface area contributed by atoms with Gasteiger partial charge in [-0.1, -0.05) is 0 Å². The highest BCUT2D eigenvalue weighted by Gasteiger charge is 2.40. The number of primary amides is 1. The van der Waals surface area contributed by atoms with E-state index in [1.54, 1.807) is 20.8 Å². The first-order chi connectivity index (χ1) is 17.4. The number of hydrogen-bond donors (Lipinski definition) is 3. The number of rotatable bonds is 15. The number of carbonyl (C=O) groups is 2. The lowest BCUT2D eigenvalue weighted by molar-refractivity contribution is -0.585. The highest BCUT2D eigenvalue weighted by molar-refractivity contribution is 5.98. The number of likely N-dealkylation sites (N-methyl/N-ethyl adjacent to an activating group) is 1. The highest BCUT2D eigenvalue weighted by atomic mass is 19.4. The van der Waals surface area contributed by atoms with Gasteiger partial charge in [-0.15, -0.1) is 0 Å². The molecule has 1 amide bonds. The zero-order valence-corrected chi connectivity index (χ0v) is 21.8. The summed E-state index contributed by atoms with van der Waals surface area (Å²) in [5, 5.41) is 5.78. The van der Waals surface area contributed by atoms with E-state index >= 15 is 0 Å². The van der Waals surface area contributed by atoms with Crippen LogP contribution in [-0.2, 0) is 20.5 Å². The van der Waals surface area contributed by atoms with Crippen LogP contribution in [0.5, 0.6) is 0 Å². The second-order valence-corrected chi connectivity index (χ2v) is 9.30. The average Bonchev–Trinajstić information content (AvgIpc) is 2.82. The van der Waals surface area contributed by atoms with E-state index in [0.29, 0.717) is 63.5 Å². The Morgan fingerprint density at radius 1 is 1.30 bits per heavy atom. The first-order valence-corrected chi connectivity index (χ1v) is 12.1. The molecule has 0 radical (unpaired) electrons. The van der Waals surface area contributed by atoms with Crippen LogP contribution in [-0.4, -0.2) is 89.3 Å². The topological polar surface area (TPSA) is 125 Å². The fourth-order valence-corrected chi connectivity index (χ4v) is 3.80. The van der Waals surface area contributed by atoms with Crippen LogP contribution in [0.2, 0.25) is 0 Å². The number of halogens is 3. The summed E-state index contributed by atoms with van der Waals surface area (Å²) in [6.07, 6.45) is 0.347. The van der Waals surface area contributed by atoms with Crippen molar-refractivity contribution in [1.82, 2.24) is 14.9 Å². The smallest absolute Gasteiger partial charge is 0.380 e. The third-order valence-corrected chi connectivity index (χ3v) is 6.12. The molecule has 37 heavy (non-hydrogen) atoms. The molecule has 2 heterocycles. The number of nitrogens with two attached hydrogens (primary N) is 1. The number of allylic oxidation sites excluding steroid dienone is 1. The van der Waals surface area contributed by atoms with Gasteiger partial charge in [-0.3, -0.25) is 4.79 Å². The lowest BCUT2D eigenvalue weighted by Crippen LogP contribution is -2.51. The standard InChI is InChI=1S/C24H36F3N7O3/c1-17-19(8-5-11-34(17)23(2,3)21(28)36)31-22-30-16-18(24(25,26)27)20(32-22)29-9-6-10-33(4)12-15-37-14-7-13-35/h8,13,16H,5-7,9-12,14-15H2,1-4H3,(H3-,28,29,30,31,32,36)/p+1. The Labute approximate surface area is 215 Å². The van der Waals surface area contributed by atoms with Crippen molar-refractivity contribution in [3.05, 3.63) is 23.5 Å². The van der Waals surface area contributed by atoms with Crippen molar-refractivity contribution in [2.75, 3.05) is 57.1 Å². The van der Waals surface area contributed by atoms with Gasteiger partial charge in [0, 0.05) is 52.9 Å². The van der Waals surface area contributed by atoms with Gasteiger partial charge >= 0.3 is 6.18 Å². The van der Waals surface area contributed by atoms with Crippen LogP contribution >= 0.6 is 0 Å². The number of ether oxygens (including phenoxy) is 1. The predicted octanol–water partition coefficient (Wildman–Crippen LogP) is 2.27. The molecule has 2 rings (SSSR count). The third-order valence-electron chi connectivity index (χ3n) is 6.12. The quantitative estimate of drug-likeness (QED) is 0.180. The van der Waals surface area contributed by atoms with E-state index in [-0.39, 0.29) is 18.3 Å². The molecule has 1 aliphatic heterocycles. The minimum absolute atomic E-state index is 0.00409. The molecule has 0 unspecified atom stereocenters. The van der Waals surface area contributed by atoms with Crippen molar-refractivity contribution in [2.24, 2.45) is 5.73 Å². The summed E-state index contributed by atoms with van der Waals surface area (Å²) < 4.78 is 47.9. The van der Waals surface area contributed by atoms with Crippen molar-refractivity contribution in [3.8, 4) is 0 Å². The number of alkyl halides is 3. The molecule has 0 saturated heterocycles. The molecule has 0 spiro atoms. The zero-order chi connectivity index (χ0) is 27.6. The van der Waals surface area contributed by atoms with Crippen molar-refractivity contribution < 1.29 is 32.1 Å². The summed E-state index contributed by atoms with van der Waals surface area (Å²) in [4.78, 5) is 32.2. The van der Waals surface area contributed by atoms with Crippen LogP contribution in [0.3, 0.4) is 0 Å². The lowest BCUT2D eigenvalue weighted by Gasteiger charge is -2.25. The third kappa shape index (κ3) is 8.78. The number of anilines is 2. The van der Waals surface area contributed by atoms with Crippen LogP contribution in [0.1, 0.15) is 45.6 Å². The zero-order valence-electron chi connectivity index (χ0n) is 21.8. The van der Waals surface area contributed by atoms with Crippen LogP contribution in [0.15, 0.2) is 18.0 Å². The number of hydrogen-bond acceptors (Lipinski definition) is 8. The van der Waals surface area contributed by atoms with Crippen LogP contribution in [0.25, 0.3) is 0 Å². The largest absolute Gasteiger partial charge is 0.421 e. The Morgan fingerprint density at radius 2 is 2.03 bits per heavy atom. The summed E-state index contributed by atoms with van der Waals surface area (Å²) in [6.45, 7) is 8.20. The van der Waals surface area contributed by atoms with Crippen molar-refractivity contribution in [1.29, 1.82) is 0 Å². The lowest BCUT2D eigenvalue weighted by atomic mass is 10.00. The minimum atomic E-state index is -4.62. The molecular formula is C24H37F3N7O3+. The predicted molar refractivity (Wildman–Crippen MR) is 135 cm³/mol. The number of aromatic nitrogens is 2. The number of nitrogens with one attached hydrogen (secondary N) is 2. The van der Waals surface area contributed by atoms with E-state index in [2.05, 4.69) is 20.6 Å². The van der Waals surface area contributed by atoms with Gasteiger partial charge in [0.25, 0.3) is 5.91 Å². The molecule has 13 heteroatoms. The number of amides is 1. The van der Waals surface area contributed by atoms with Gasteiger partial charge in [0.2, 0.25) is 11.5 Å². The van der Waals surface area contributed by atoms with Gasteiger partial charge in [0.15, 0.2) is 5.71 Å². The Kier molecular flexibility index (Phi) is 11.0. The molecule has 0 fully saturated rings. The Bertz CT molecular complexity index is 1010. The second kappa shape index (κ2) is 13.5. The molecule has 1 aliphatic rings. The second-order valence-electron chi connectivity index (χ2n) is 9.30. The van der Waals surface area contributed by atoms with E-state index in [1.807, 2.05) is 22.6 Å². The van der Waals surface area contributed by atoms with Crippen molar-refractivity contribution in [2.45, 2.75) is 51.7 Å². The fraction of sp³-hybridized carbons (Fsp3) is 0.625. The van der Waals surface area contributed by atoms with E-state index in [1.165, 1.54) is 0 Å². The molecule has 10 nitrogen and oxygen atoms in total. The maximum atomic E-state index is 13.6. The summed E-state index contributed by atoms with van der Waals surface area (Å²) in [7, 11) is 1.89. The minimum Gasteiger partial charge on any atom is -0.380 e. The first-order valence-electron chi connectivity index (χ1n) is 12.1. The maximum absolute atomic E-state index is 13.6. The first kappa shape index (κ1) is 30.2. The van der Waals surface area contributed by atoms with Gasteiger partial charge in [0.05, 0.1) is 13.2 Å². The molecule has 1 aromatic rings. The number of nitrogens with zero attached hydrogens (tertiary/aromatic N) is 4.